The summed E-state index contributed by atoms with van der Waals surface area (Å²) in [4.78, 5) is 22.4. The average Bonchev–Trinajstić information content (AvgIpc) is 2.34. The largest absolute Gasteiger partial charge is 0.346 e. The van der Waals surface area contributed by atoms with Crippen molar-refractivity contribution in [2.24, 2.45) is 10.9 Å². The molecule has 0 spiro atoms. The Morgan fingerprint density at radius 3 is 2.40 bits per heavy atom. The van der Waals surface area contributed by atoms with Crippen LogP contribution in [-0.4, -0.2) is 33.3 Å². The molecular weight excluding hydrogens is 286 g/mol. The first-order valence-electron chi connectivity index (χ1n) is 5.47. The smallest absolute Gasteiger partial charge is 0.296 e. The predicted octanol–water partition coefficient (Wildman–Crippen LogP) is -1.68. The first kappa shape index (κ1) is 15.9. The zero-order valence-electron chi connectivity index (χ0n) is 10.4. The molecule has 0 bridgehead atoms. The minimum absolute atomic E-state index is 0.205. The second kappa shape index (κ2) is 6.84. The van der Waals surface area contributed by atoms with Gasteiger partial charge < -0.3 is 16.4 Å². The maximum Gasteiger partial charge on any atom is 0.296 e. The molecule has 0 aromatic heterocycles. The van der Waals surface area contributed by atoms with Crippen molar-refractivity contribution in [3.8, 4) is 0 Å². The number of carbonyl (C=O) groups excluding carboxylic acids is 2. The summed E-state index contributed by atoms with van der Waals surface area (Å²) in [5.41, 5.74) is 5.63. The monoisotopic (exact) mass is 301 g/mol. The Hall–Kier alpha value is -2.17. The number of hydrogen-bond acceptors (Lipinski definition) is 5. The quantitative estimate of drug-likeness (QED) is 0.424. The van der Waals surface area contributed by atoms with Crippen LogP contribution in [0.2, 0.25) is 0 Å². The van der Waals surface area contributed by atoms with Crippen LogP contribution in [0.4, 0.5) is 11.4 Å². The van der Waals surface area contributed by atoms with Crippen molar-refractivity contribution < 1.29 is 18.0 Å². The van der Waals surface area contributed by atoms with Crippen LogP contribution >= 0.6 is 0 Å². The van der Waals surface area contributed by atoms with E-state index in [0.717, 1.165) is 0 Å². The van der Waals surface area contributed by atoms with Crippen LogP contribution in [0.3, 0.4) is 0 Å². The maximum atomic E-state index is 11.5. The van der Waals surface area contributed by atoms with E-state index < -0.39 is 22.0 Å². The maximum absolute atomic E-state index is 11.5. The van der Waals surface area contributed by atoms with Gasteiger partial charge in [0, 0.05) is 5.69 Å². The zero-order chi connectivity index (χ0) is 15.2. The van der Waals surface area contributed by atoms with E-state index in [0.29, 0.717) is 5.69 Å². The molecule has 2 amide bonds. The lowest BCUT2D eigenvalue weighted by Crippen LogP contribution is -2.36. The predicted molar refractivity (Wildman–Crippen MR) is 73.9 cm³/mol. The summed E-state index contributed by atoms with van der Waals surface area (Å²) in [7, 11) is -3.88. The minimum atomic E-state index is -3.88. The van der Waals surface area contributed by atoms with E-state index in [1.807, 2.05) is 0 Å². The van der Waals surface area contributed by atoms with E-state index in [1.54, 1.807) is 6.07 Å². The number of amides is 2. The molecule has 10 heteroatoms. The summed E-state index contributed by atoms with van der Waals surface area (Å²) in [6.07, 6.45) is 0. The van der Waals surface area contributed by atoms with Crippen LogP contribution in [0, 0.1) is 0 Å². The lowest BCUT2D eigenvalue weighted by molar-refractivity contribution is -0.123. The minimum Gasteiger partial charge on any atom is -0.346 e. The summed E-state index contributed by atoms with van der Waals surface area (Å²) >= 11 is 0. The third-order valence-electron chi connectivity index (χ3n) is 2.04. The van der Waals surface area contributed by atoms with Gasteiger partial charge in [-0.2, -0.15) is 8.42 Å². The second-order valence-electron chi connectivity index (χ2n) is 3.76. The molecule has 7 N–H and O–H groups in total. The van der Waals surface area contributed by atoms with Crippen molar-refractivity contribution in [3.63, 3.8) is 0 Å². The van der Waals surface area contributed by atoms with Crippen LogP contribution in [0.25, 0.3) is 0 Å². The van der Waals surface area contributed by atoms with Gasteiger partial charge in [-0.25, -0.2) is 5.14 Å². The standard InChI is InChI=1S/C10H15N5O4S/c11-5-9(16)13-6-10(17)14-7-2-1-3-8(4-7)15-20(12,18)19/h1-4,15H,5-6,11H2,(H,13,16)(H,14,17)(H2,12,18,19). The van der Waals surface area contributed by atoms with Gasteiger partial charge >= 0.3 is 0 Å². The van der Waals surface area contributed by atoms with Crippen molar-refractivity contribution in [1.82, 2.24) is 5.32 Å². The Labute approximate surface area is 115 Å². The van der Waals surface area contributed by atoms with Gasteiger partial charge in [0.2, 0.25) is 11.8 Å². The number of benzene rings is 1. The van der Waals surface area contributed by atoms with E-state index in [9.17, 15) is 18.0 Å². The van der Waals surface area contributed by atoms with E-state index in [-0.39, 0.29) is 18.8 Å². The lowest BCUT2D eigenvalue weighted by atomic mass is 10.3. The van der Waals surface area contributed by atoms with Crippen LogP contribution < -0.4 is 26.2 Å². The molecule has 1 aromatic carbocycles. The molecule has 0 heterocycles. The highest BCUT2D eigenvalue weighted by Crippen LogP contribution is 2.15. The molecule has 0 saturated carbocycles. The fourth-order valence-electron chi connectivity index (χ4n) is 1.28. The fraction of sp³-hybridized carbons (Fsp3) is 0.200. The van der Waals surface area contributed by atoms with Gasteiger partial charge in [-0.1, -0.05) is 6.07 Å². The number of rotatable bonds is 6. The molecule has 0 fully saturated rings. The van der Waals surface area contributed by atoms with Crippen LogP contribution in [0.5, 0.6) is 0 Å². The summed E-state index contributed by atoms with van der Waals surface area (Å²) in [6.45, 7) is -0.441. The van der Waals surface area contributed by atoms with Crippen molar-refractivity contribution in [3.05, 3.63) is 24.3 Å². The Balaban J connectivity index is 2.62. The van der Waals surface area contributed by atoms with Crippen LogP contribution in [0.15, 0.2) is 24.3 Å². The van der Waals surface area contributed by atoms with Gasteiger partial charge in [0.1, 0.15) is 0 Å². The van der Waals surface area contributed by atoms with Crippen molar-refractivity contribution in [2.75, 3.05) is 23.1 Å². The van der Waals surface area contributed by atoms with Gasteiger partial charge in [-0.3, -0.25) is 14.3 Å². The Bertz CT molecular complexity index is 601. The van der Waals surface area contributed by atoms with Gasteiger partial charge in [-0.15, -0.1) is 0 Å². The van der Waals surface area contributed by atoms with Crippen molar-refractivity contribution in [2.45, 2.75) is 0 Å². The number of hydrogen-bond donors (Lipinski definition) is 5. The molecular formula is C10H15N5O4S. The first-order valence-corrected chi connectivity index (χ1v) is 7.02. The molecule has 1 rings (SSSR count). The lowest BCUT2D eigenvalue weighted by Gasteiger charge is -2.08. The first-order chi connectivity index (χ1) is 9.30. The molecule has 0 aliphatic heterocycles. The topological polar surface area (TPSA) is 156 Å². The third kappa shape index (κ3) is 6.13. The van der Waals surface area contributed by atoms with Crippen LogP contribution in [0.1, 0.15) is 0 Å². The molecule has 0 atom stereocenters. The van der Waals surface area contributed by atoms with E-state index >= 15 is 0 Å². The normalized spacial score (nSPS) is 10.7. The summed E-state index contributed by atoms with van der Waals surface area (Å²) in [5, 5.41) is 9.60. The highest BCUT2D eigenvalue weighted by molar-refractivity contribution is 7.90. The van der Waals surface area contributed by atoms with Crippen molar-refractivity contribution in [1.29, 1.82) is 0 Å². The number of nitrogens with one attached hydrogen (secondary N) is 3. The summed E-state index contributed by atoms with van der Waals surface area (Å²) in [6, 6.07) is 5.93. The van der Waals surface area contributed by atoms with E-state index in [2.05, 4.69) is 15.4 Å². The Morgan fingerprint density at radius 2 is 1.80 bits per heavy atom. The molecule has 9 nitrogen and oxygen atoms in total. The molecule has 1 aromatic rings. The molecule has 20 heavy (non-hydrogen) atoms. The number of nitrogens with two attached hydrogens (primary N) is 2. The number of carbonyl (C=O) groups is 2. The molecule has 0 aliphatic carbocycles. The highest BCUT2D eigenvalue weighted by atomic mass is 32.2. The van der Waals surface area contributed by atoms with Crippen LogP contribution in [-0.2, 0) is 19.8 Å². The molecule has 0 saturated heterocycles. The SMILES string of the molecule is NCC(=O)NCC(=O)Nc1cccc(NS(N)(=O)=O)c1. The fourth-order valence-corrected chi connectivity index (χ4v) is 1.74. The van der Waals surface area contributed by atoms with E-state index in [1.165, 1.54) is 18.2 Å². The van der Waals surface area contributed by atoms with E-state index in [4.69, 9.17) is 10.9 Å². The Kier molecular flexibility index (Phi) is 5.43. The van der Waals surface area contributed by atoms with Gasteiger partial charge in [0.25, 0.3) is 10.2 Å². The van der Waals surface area contributed by atoms with Gasteiger partial charge in [-0.05, 0) is 18.2 Å². The Morgan fingerprint density at radius 1 is 1.15 bits per heavy atom. The summed E-state index contributed by atoms with van der Waals surface area (Å²) < 4.78 is 23.8. The number of anilines is 2. The third-order valence-corrected chi connectivity index (χ3v) is 2.56. The van der Waals surface area contributed by atoms with Crippen molar-refractivity contribution >= 4 is 33.4 Å². The van der Waals surface area contributed by atoms with Gasteiger partial charge in [0.15, 0.2) is 0 Å². The molecule has 110 valence electrons. The molecule has 0 aliphatic rings. The average molecular weight is 301 g/mol. The summed E-state index contributed by atoms with van der Waals surface area (Å²) in [5.74, 6) is -0.927. The molecule has 0 unspecified atom stereocenters. The molecule has 0 radical (unpaired) electrons. The second-order valence-corrected chi connectivity index (χ2v) is 5.05. The zero-order valence-corrected chi connectivity index (χ0v) is 11.2. The van der Waals surface area contributed by atoms with Gasteiger partial charge in [0.05, 0.1) is 18.8 Å². The highest BCUT2D eigenvalue weighted by Gasteiger charge is 2.06.